The lowest BCUT2D eigenvalue weighted by atomic mass is 9.76. The maximum atomic E-state index is 13.6. The van der Waals surface area contributed by atoms with Crippen molar-refractivity contribution in [2.75, 3.05) is 0 Å². The highest BCUT2D eigenvalue weighted by Gasteiger charge is 2.43. The minimum Gasteiger partial charge on any atom is -0.299 e. The van der Waals surface area contributed by atoms with Gasteiger partial charge in [-0.1, -0.05) is 66.7 Å². The minimum absolute atomic E-state index is 0.0580. The third-order valence-electron chi connectivity index (χ3n) is 6.35. The Kier molecular flexibility index (Phi) is 6.81. The Hall–Kier alpha value is -2.77. The van der Waals surface area contributed by atoms with Crippen LogP contribution in [0.25, 0.3) is 0 Å². The summed E-state index contributed by atoms with van der Waals surface area (Å²) >= 11 is 0. The van der Waals surface area contributed by atoms with Gasteiger partial charge in [0.15, 0.2) is 24.3 Å². The SMILES string of the molecule is O=C1CC[C@H](c2ccccc2)C[C@@H]1CC(S(=O)(=O)c1ccccc1)S(=O)(=O)c1ccccc1. The van der Waals surface area contributed by atoms with Crippen molar-refractivity contribution in [3.05, 3.63) is 96.6 Å². The molecule has 0 N–H and O–H groups in total. The van der Waals surface area contributed by atoms with E-state index in [4.69, 9.17) is 0 Å². The topological polar surface area (TPSA) is 85.3 Å². The minimum atomic E-state index is -4.25. The van der Waals surface area contributed by atoms with Gasteiger partial charge in [0.05, 0.1) is 9.79 Å². The predicted molar refractivity (Wildman–Crippen MR) is 127 cm³/mol. The Labute approximate surface area is 195 Å². The summed E-state index contributed by atoms with van der Waals surface area (Å²) < 4.78 is 52.6. The number of benzene rings is 3. The summed E-state index contributed by atoms with van der Waals surface area (Å²) in [6.07, 6.45) is 1.18. The molecule has 5 nitrogen and oxygen atoms in total. The van der Waals surface area contributed by atoms with Crippen molar-refractivity contribution >= 4 is 25.5 Å². The number of carbonyl (C=O) groups excluding carboxylic acids is 1. The summed E-state index contributed by atoms with van der Waals surface area (Å²) in [5.74, 6) is -0.627. The van der Waals surface area contributed by atoms with Crippen molar-refractivity contribution in [1.29, 1.82) is 0 Å². The molecule has 1 fully saturated rings. The van der Waals surface area contributed by atoms with Crippen molar-refractivity contribution in [3.63, 3.8) is 0 Å². The number of hydrogen-bond acceptors (Lipinski definition) is 5. The summed E-state index contributed by atoms with van der Waals surface area (Å²) in [4.78, 5) is 12.7. The zero-order chi connectivity index (χ0) is 23.5. The van der Waals surface area contributed by atoms with Crippen LogP contribution in [0, 0.1) is 5.92 Å². The molecule has 0 spiro atoms. The second-order valence-electron chi connectivity index (χ2n) is 8.43. The normalized spacial score (nSPS) is 19.5. The van der Waals surface area contributed by atoms with E-state index in [1.54, 1.807) is 36.4 Å². The van der Waals surface area contributed by atoms with E-state index in [0.29, 0.717) is 19.3 Å². The molecule has 172 valence electrons. The molecule has 0 aliphatic heterocycles. The smallest absolute Gasteiger partial charge is 0.195 e. The first kappa shape index (κ1) is 23.4. The summed E-state index contributed by atoms with van der Waals surface area (Å²) in [6, 6.07) is 25.0. The molecule has 1 saturated carbocycles. The van der Waals surface area contributed by atoms with Crippen LogP contribution in [0.3, 0.4) is 0 Å². The molecule has 1 aliphatic carbocycles. The molecule has 0 radical (unpaired) electrons. The Balaban J connectivity index is 1.73. The van der Waals surface area contributed by atoms with E-state index < -0.39 is 30.2 Å². The molecular formula is C26H26O5S2. The molecule has 33 heavy (non-hydrogen) atoms. The van der Waals surface area contributed by atoms with Crippen LogP contribution in [-0.4, -0.2) is 27.2 Å². The van der Waals surface area contributed by atoms with Crippen LogP contribution >= 0.6 is 0 Å². The van der Waals surface area contributed by atoms with E-state index in [1.165, 1.54) is 24.3 Å². The maximum absolute atomic E-state index is 13.6. The molecule has 4 rings (SSSR count). The van der Waals surface area contributed by atoms with Gasteiger partial charge in [0.1, 0.15) is 5.78 Å². The van der Waals surface area contributed by atoms with E-state index in [9.17, 15) is 21.6 Å². The molecule has 2 atom stereocenters. The van der Waals surface area contributed by atoms with Gasteiger partial charge in [0.2, 0.25) is 0 Å². The van der Waals surface area contributed by atoms with Gasteiger partial charge in [-0.05, 0) is 55.0 Å². The van der Waals surface area contributed by atoms with Gasteiger partial charge in [-0.2, -0.15) is 0 Å². The van der Waals surface area contributed by atoms with Crippen molar-refractivity contribution < 1.29 is 21.6 Å². The second-order valence-corrected chi connectivity index (χ2v) is 13.0. The fourth-order valence-electron chi connectivity index (χ4n) is 4.55. The van der Waals surface area contributed by atoms with E-state index in [1.807, 2.05) is 30.3 Å². The standard InChI is InChI=1S/C26H26O5S2/c27-25-17-16-21(20-10-4-1-5-11-20)18-22(25)19-26(32(28,29)23-12-6-2-7-13-23)33(30,31)24-14-8-3-9-15-24/h1-15,21-22,26H,16-19H2/t21-,22+/m0/s1. The molecule has 1 aliphatic rings. The Morgan fingerprint density at radius 3 is 1.64 bits per heavy atom. The average Bonchev–Trinajstić information content (AvgIpc) is 2.85. The van der Waals surface area contributed by atoms with Crippen LogP contribution in [0.2, 0.25) is 0 Å². The van der Waals surface area contributed by atoms with Crippen molar-refractivity contribution in [2.45, 2.75) is 46.0 Å². The first-order valence-electron chi connectivity index (χ1n) is 11.0. The van der Waals surface area contributed by atoms with Gasteiger partial charge in [-0.15, -0.1) is 0 Å². The van der Waals surface area contributed by atoms with Gasteiger partial charge in [0.25, 0.3) is 0 Å². The number of sulfone groups is 2. The zero-order valence-corrected chi connectivity index (χ0v) is 19.7. The monoisotopic (exact) mass is 482 g/mol. The predicted octanol–water partition coefficient (Wildman–Crippen LogP) is 4.80. The lowest BCUT2D eigenvalue weighted by Crippen LogP contribution is -2.36. The summed E-state index contributed by atoms with van der Waals surface area (Å²) in [7, 11) is -8.50. The van der Waals surface area contributed by atoms with Gasteiger partial charge < -0.3 is 0 Å². The first-order chi connectivity index (χ1) is 15.8. The van der Waals surface area contributed by atoms with Gasteiger partial charge in [-0.25, -0.2) is 16.8 Å². The second kappa shape index (κ2) is 9.61. The maximum Gasteiger partial charge on any atom is 0.195 e. The molecule has 0 saturated heterocycles. The summed E-state index contributed by atoms with van der Waals surface area (Å²) in [6.45, 7) is 0. The lowest BCUT2D eigenvalue weighted by molar-refractivity contribution is -0.125. The Bertz CT molecular complexity index is 1230. The molecular weight excluding hydrogens is 456 g/mol. The van der Waals surface area contributed by atoms with E-state index in [-0.39, 0.29) is 27.9 Å². The number of rotatable bonds is 7. The van der Waals surface area contributed by atoms with Crippen LogP contribution in [0.5, 0.6) is 0 Å². The van der Waals surface area contributed by atoms with Crippen molar-refractivity contribution in [2.24, 2.45) is 5.92 Å². The van der Waals surface area contributed by atoms with E-state index >= 15 is 0 Å². The number of hydrogen-bond donors (Lipinski definition) is 0. The molecule has 0 amide bonds. The molecule has 3 aromatic carbocycles. The summed E-state index contributed by atoms with van der Waals surface area (Å²) in [5.41, 5.74) is 1.09. The molecule has 3 aromatic rings. The van der Waals surface area contributed by atoms with Gasteiger partial charge in [0, 0.05) is 12.3 Å². The molecule has 7 heteroatoms. The quantitative estimate of drug-likeness (QED) is 0.483. The number of carbonyl (C=O) groups is 1. The Morgan fingerprint density at radius 1 is 0.697 bits per heavy atom. The average molecular weight is 483 g/mol. The zero-order valence-electron chi connectivity index (χ0n) is 18.1. The van der Waals surface area contributed by atoms with Crippen LogP contribution in [0.15, 0.2) is 101 Å². The third kappa shape index (κ3) is 4.94. The van der Waals surface area contributed by atoms with E-state index in [2.05, 4.69) is 0 Å². The summed E-state index contributed by atoms with van der Waals surface area (Å²) in [5, 5.41) is 0. The van der Waals surface area contributed by atoms with Crippen LogP contribution in [0.1, 0.15) is 37.2 Å². The Morgan fingerprint density at radius 2 is 1.15 bits per heavy atom. The molecule has 0 aromatic heterocycles. The van der Waals surface area contributed by atoms with Crippen LogP contribution in [-0.2, 0) is 24.5 Å². The third-order valence-corrected chi connectivity index (χ3v) is 11.5. The van der Waals surface area contributed by atoms with Crippen molar-refractivity contribution in [1.82, 2.24) is 0 Å². The highest BCUT2D eigenvalue weighted by atomic mass is 32.3. The van der Waals surface area contributed by atoms with Crippen LogP contribution in [0.4, 0.5) is 0 Å². The highest BCUT2D eigenvalue weighted by Crippen LogP contribution is 2.39. The number of Topliss-reactive ketones (excluding diaryl/α,β-unsaturated/α-hetero) is 1. The van der Waals surface area contributed by atoms with Crippen LogP contribution < -0.4 is 0 Å². The molecule has 0 bridgehead atoms. The fraction of sp³-hybridized carbons (Fsp3) is 0.269. The molecule has 0 heterocycles. The lowest BCUT2D eigenvalue weighted by Gasteiger charge is -2.30. The first-order valence-corrected chi connectivity index (χ1v) is 14.0. The van der Waals surface area contributed by atoms with Gasteiger partial charge >= 0.3 is 0 Å². The van der Waals surface area contributed by atoms with Gasteiger partial charge in [-0.3, -0.25) is 4.79 Å². The van der Waals surface area contributed by atoms with Crippen molar-refractivity contribution in [3.8, 4) is 0 Å². The van der Waals surface area contributed by atoms with E-state index in [0.717, 1.165) is 5.56 Å². The number of ketones is 1. The fourth-order valence-corrected chi connectivity index (χ4v) is 9.20. The largest absolute Gasteiger partial charge is 0.299 e. The molecule has 0 unspecified atom stereocenters. The highest BCUT2D eigenvalue weighted by molar-refractivity contribution is 8.09.